The lowest BCUT2D eigenvalue weighted by molar-refractivity contribution is -0.387. The first-order valence-electron chi connectivity index (χ1n) is 5.86. The Balaban J connectivity index is 2.27. The first-order valence-corrected chi connectivity index (χ1v) is 5.86. The number of nitro groups is 1. The quantitative estimate of drug-likeness (QED) is 0.419. The summed E-state index contributed by atoms with van der Waals surface area (Å²) in [7, 11) is 0. The van der Waals surface area contributed by atoms with Gasteiger partial charge in [-0.25, -0.2) is 4.98 Å². The summed E-state index contributed by atoms with van der Waals surface area (Å²) < 4.78 is 14.8. The van der Waals surface area contributed by atoms with Crippen molar-refractivity contribution in [3.63, 3.8) is 0 Å². The molecule has 0 radical (unpaired) electrons. The Labute approximate surface area is 116 Å². The van der Waals surface area contributed by atoms with E-state index in [0.29, 0.717) is 5.65 Å². The first-order chi connectivity index (χ1) is 10.1. The van der Waals surface area contributed by atoms with E-state index in [0.717, 1.165) is 12.1 Å². The number of rotatable bonds is 3. The number of halogens is 1. The van der Waals surface area contributed by atoms with E-state index in [1.54, 1.807) is 24.4 Å². The van der Waals surface area contributed by atoms with Crippen LogP contribution in [0.15, 0.2) is 47.8 Å². The van der Waals surface area contributed by atoms with Crippen molar-refractivity contribution < 1.29 is 9.31 Å². The molecule has 2 aromatic heterocycles. The van der Waals surface area contributed by atoms with Crippen molar-refractivity contribution in [1.82, 2.24) is 9.38 Å². The zero-order valence-corrected chi connectivity index (χ0v) is 10.4. The number of nitroso groups, excluding NO2 is 1. The molecular weight excluding hydrogens is 279 g/mol. The van der Waals surface area contributed by atoms with Gasteiger partial charge in [0.2, 0.25) is 11.6 Å². The van der Waals surface area contributed by atoms with Crippen molar-refractivity contribution in [1.29, 1.82) is 0 Å². The zero-order chi connectivity index (χ0) is 15.0. The summed E-state index contributed by atoms with van der Waals surface area (Å²) in [5, 5.41) is 13.7. The molecule has 21 heavy (non-hydrogen) atoms. The number of aromatic nitrogens is 2. The van der Waals surface area contributed by atoms with Gasteiger partial charge in [0, 0.05) is 17.8 Å². The van der Waals surface area contributed by atoms with Crippen LogP contribution in [0.2, 0.25) is 0 Å². The Hall–Kier alpha value is -3.16. The second-order valence-corrected chi connectivity index (χ2v) is 4.23. The van der Waals surface area contributed by atoms with Crippen LogP contribution < -0.4 is 0 Å². The topological polar surface area (TPSA) is 89.9 Å². The van der Waals surface area contributed by atoms with Crippen LogP contribution in [0.1, 0.15) is 0 Å². The largest absolute Gasteiger partial charge is 0.305 e. The molecular formula is C13H7FN4O3. The molecule has 1 aromatic carbocycles. The number of pyridine rings is 1. The summed E-state index contributed by atoms with van der Waals surface area (Å²) >= 11 is 0. The summed E-state index contributed by atoms with van der Waals surface area (Å²) in [5.74, 6) is -0.945. The maximum Gasteiger partial charge on any atom is 0.305 e. The van der Waals surface area contributed by atoms with Gasteiger partial charge in [-0.05, 0) is 29.4 Å². The van der Waals surface area contributed by atoms with Crippen molar-refractivity contribution in [2.24, 2.45) is 5.18 Å². The summed E-state index contributed by atoms with van der Waals surface area (Å²) in [6.07, 6.45) is 1.60. The van der Waals surface area contributed by atoms with Crippen LogP contribution in [0.5, 0.6) is 0 Å². The number of hydrogen-bond acceptors (Lipinski definition) is 5. The lowest BCUT2D eigenvalue weighted by Gasteiger charge is -1.99. The molecule has 104 valence electrons. The minimum Gasteiger partial charge on any atom is -0.281 e. The highest BCUT2D eigenvalue weighted by Gasteiger charge is 2.20. The van der Waals surface area contributed by atoms with E-state index in [2.05, 4.69) is 10.2 Å². The fourth-order valence-corrected chi connectivity index (χ4v) is 2.06. The van der Waals surface area contributed by atoms with Gasteiger partial charge in [-0.2, -0.15) is 4.39 Å². The van der Waals surface area contributed by atoms with Gasteiger partial charge < -0.3 is 0 Å². The van der Waals surface area contributed by atoms with Gasteiger partial charge in [-0.1, -0.05) is 6.07 Å². The van der Waals surface area contributed by atoms with Crippen molar-refractivity contribution >= 4 is 17.2 Å². The molecule has 3 rings (SSSR count). The highest BCUT2D eigenvalue weighted by molar-refractivity contribution is 5.75. The average Bonchev–Trinajstić information content (AvgIpc) is 2.85. The van der Waals surface area contributed by atoms with E-state index in [1.165, 1.54) is 10.5 Å². The van der Waals surface area contributed by atoms with Crippen LogP contribution >= 0.6 is 0 Å². The normalized spacial score (nSPS) is 10.7. The number of nitrogens with zero attached hydrogens (tertiary/aromatic N) is 4. The second kappa shape index (κ2) is 4.75. The van der Waals surface area contributed by atoms with Crippen molar-refractivity contribution in [3.05, 3.63) is 63.4 Å². The fraction of sp³-hybridized carbons (Fsp3) is 0. The maximum atomic E-state index is 13.4. The standard InChI is InChI=1S/C13H7FN4O3/c14-9-5-4-8(7-10(9)18(20)21)12-13(16-19)17-6-2-1-3-11(17)15-12/h1-7H. The third-order valence-corrected chi connectivity index (χ3v) is 3.01. The minimum absolute atomic E-state index is 0.00602. The molecule has 0 atom stereocenters. The van der Waals surface area contributed by atoms with Crippen LogP contribution in [-0.2, 0) is 0 Å². The summed E-state index contributed by atoms with van der Waals surface area (Å²) in [6, 6.07) is 8.40. The van der Waals surface area contributed by atoms with E-state index >= 15 is 0 Å². The van der Waals surface area contributed by atoms with Crippen LogP contribution in [0, 0.1) is 20.8 Å². The van der Waals surface area contributed by atoms with Crippen LogP contribution in [-0.4, -0.2) is 14.3 Å². The van der Waals surface area contributed by atoms with E-state index in [1.807, 2.05) is 0 Å². The predicted molar refractivity (Wildman–Crippen MR) is 72.7 cm³/mol. The van der Waals surface area contributed by atoms with Crippen molar-refractivity contribution in [2.45, 2.75) is 0 Å². The Morgan fingerprint density at radius 2 is 2.10 bits per heavy atom. The van der Waals surface area contributed by atoms with Gasteiger partial charge >= 0.3 is 5.69 Å². The molecule has 0 bridgehead atoms. The smallest absolute Gasteiger partial charge is 0.281 e. The molecule has 2 heterocycles. The lowest BCUT2D eigenvalue weighted by Crippen LogP contribution is -1.93. The van der Waals surface area contributed by atoms with Gasteiger partial charge in [-0.3, -0.25) is 14.5 Å². The molecule has 0 N–H and O–H groups in total. The number of hydrogen-bond donors (Lipinski definition) is 0. The number of nitro benzene ring substituents is 1. The van der Waals surface area contributed by atoms with E-state index in [4.69, 9.17) is 0 Å². The van der Waals surface area contributed by atoms with Gasteiger partial charge in [-0.15, -0.1) is 4.91 Å². The molecule has 0 amide bonds. The molecule has 0 unspecified atom stereocenters. The molecule has 0 aliphatic heterocycles. The molecule has 0 spiro atoms. The third-order valence-electron chi connectivity index (χ3n) is 3.01. The average molecular weight is 286 g/mol. The predicted octanol–water partition coefficient (Wildman–Crippen LogP) is 3.45. The fourth-order valence-electron chi connectivity index (χ4n) is 2.06. The summed E-state index contributed by atoms with van der Waals surface area (Å²) in [5.41, 5.74) is 0.205. The Morgan fingerprint density at radius 3 is 2.81 bits per heavy atom. The second-order valence-electron chi connectivity index (χ2n) is 4.23. The van der Waals surface area contributed by atoms with E-state index in [-0.39, 0.29) is 17.1 Å². The Morgan fingerprint density at radius 1 is 1.29 bits per heavy atom. The van der Waals surface area contributed by atoms with Crippen LogP contribution in [0.3, 0.4) is 0 Å². The van der Waals surface area contributed by atoms with Crippen LogP contribution in [0.25, 0.3) is 16.9 Å². The van der Waals surface area contributed by atoms with Crippen LogP contribution in [0.4, 0.5) is 15.9 Å². The third kappa shape index (κ3) is 2.02. The van der Waals surface area contributed by atoms with Crippen molar-refractivity contribution in [2.75, 3.05) is 0 Å². The zero-order valence-electron chi connectivity index (χ0n) is 10.4. The number of benzene rings is 1. The first kappa shape index (κ1) is 12.9. The van der Waals surface area contributed by atoms with Gasteiger partial charge in [0.15, 0.2) is 0 Å². The van der Waals surface area contributed by atoms with E-state index in [9.17, 15) is 19.4 Å². The Kier molecular flexibility index (Phi) is 2.90. The monoisotopic (exact) mass is 286 g/mol. The molecule has 0 saturated heterocycles. The highest BCUT2D eigenvalue weighted by Crippen LogP contribution is 2.33. The van der Waals surface area contributed by atoms with Gasteiger partial charge in [0.25, 0.3) is 0 Å². The number of imidazole rings is 1. The Bertz CT molecular complexity index is 875. The molecule has 0 aliphatic carbocycles. The summed E-state index contributed by atoms with van der Waals surface area (Å²) in [4.78, 5) is 25.2. The molecule has 0 saturated carbocycles. The van der Waals surface area contributed by atoms with E-state index < -0.39 is 16.4 Å². The SMILES string of the molecule is O=Nc1c(-c2ccc(F)c([N+](=O)[O-])c2)nc2ccccn12. The number of fused-ring (bicyclic) bond motifs is 1. The highest BCUT2D eigenvalue weighted by atomic mass is 19.1. The molecule has 0 fully saturated rings. The summed E-state index contributed by atoms with van der Waals surface area (Å²) in [6.45, 7) is 0. The van der Waals surface area contributed by atoms with Crippen molar-refractivity contribution in [3.8, 4) is 11.3 Å². The molecule has 3 aromatic rings. The van der Waals surface area contributed by atoms with Gasteiger partial charge in [0.05, 0.1) is 4.92 Å². The molecule has 8 heteroatoms. The molecule has 0 aliphatic rings. The lowest BCUT2D eigenvalue weighted by atomic mass is 10.1. The minimum atomic E-state index is -0.951. The van der Waals surface area contributed by atoms with Gasteiger partial charge in [0.1, 0.15) is 11.3 Å². The molecule has 7 nitrogen and oxygen atoms in total. The maximum absolute atomic E-state index is 13.4.